The summed E-state index contributed by atoms with van der Waals surface area (Å²) in [6.07, 6.45) is -0.274. The van der Waals surface area contributed by atoms with Crippen LogP contribution in [-0.4, -0.2) is 27.7 Å². The lowest BCUT2D eigenvalue weighted by Gasteiger charge is -2.46. The number of rotatable bonds is 4. The van der Waals surface area contributed by atoms with E-state index in [0.717, 1.165) is 0 Å². The number of alkyl halides is 2. The lowest BCUT2D eigenvalue weighted by atomic mass is 9.63. The van der Waals surface area contributed by atoms with Crippen LogP contribution in [0.25, 0.3) is 0 Å². The predicted molar refractivity (Wildman–Crippen MR) is 59.0 cm³/mol. The predicted octanol–water partition coefficient (Wildman–Crippen LogP) is 2.82. The first-order chi connectivity index (χ1) is 7.67. The molecule has 100 valence electrons. The van der Waals surface area contributed by atoms with Crippen LogP contribution in [0.3, 0.4) is 0 Å². The van der Waals surface area contributed by atoms with Crippen LogP contribution in [-0.2, 0) is 4.79 Å². The van der Waals surface area contributed by atoms with Gasteiger partial charge in [0.05, 0.1) is 11.0 Å². The van der Waals surface area contributed by atoms with Gasteiger partial charge in [-0.25, -0.2) is 8.78 Å². The fourth-order valence-electron chi connectivity index (χ4n) is 2.62. The van der Waals surface area contributed by atoms with Crippen molar-refractivity contribution in [1.29, 1.82) is 0 Å². The Morgan fingerprint density at radius 3 is 2.12 bits per heavy atom. The number of carbonyl (C=O) groups is 1. The van der Waals surface area contributed by atoms with Gasteiger partial charge in [-0.2, -0.15) is 0 Å². The van der Waals surface area contributed by atoms with E-state index in [1.165, 1.54) is 6.92 Å². The quantitative estimate of drug-likeness (QED) is 0.806. The second-order valence-corrected chi connectivity index (χ2v) is 5.27. The summed E-state index contributed by atoms with van der Waals surface area (Å²) < 4.78 is 26.1. The lowest BCUT2D eigenvalue weighted by molar-refractivity contribution is -0.186. The molecule has 0 aromatic carbocycles. The van der Waals surface area contributed by atoms with E-state index in [0.29, 0.717) is 12.8 Å². The van der Waals surface area contributed by atoms with Crippen LogP contribution < -0.4 is 0 Å². The summed E-state index contributed by atoms with van der Waals surface area (Å²) in [5.41, 5.74) is -2.85. The molecule has 1 rings (SSSR count). The number of carboxylic acid groups (broad SMARTS) is 1. The molecule has 0 radical (unpaired) electrons. The van der Waals surface area contributed by atoms with Crippen molar-refractivity contribution in [1.82, 2.24) is 0 Å². The van der Waals surface area contributed by atoms with Gasteiger partial charge in [0.25, 0.3) is 0 Å². The molecule has 1 fully saturated rings. The van der Waals surface area contributed by atoms with Crippen LogP contribution in [0.15, 0.2) is 0 Å². The van der Waals surface area contributed by atoms with E-state index in [-0.39, 0.29) is 12.8 Å². The van der Waals surface area contributed by atoms with Crippen LogP contribution in [0.1, 0.15) is 52.4 Å². The van der Waals surface area contributed by atoms with Gasteiger partial charge in [-0.15, -0.1) is 0 Å². The highest BCUT2D eigenvalue weighted by Crippen LogP contribution is 2.49. The second-order valence-electron chi connectivity index (χ2n) is 5.27. The molecule has 1 aliphatic rings. The Bertz CT molecular complexity index is 294. The first-order valence-electron chi connectivity index (χ1n) is 6.00. The van der Waals surface area contributed by atoms with Crippen molar-refractivity contribution in [2.24, 2.45) is 5.41 Å². The third kappa shape index (κ3) is 2.59. The molecule has 0 aromatic heterocycles. The van der Waals surface area contributed by atoms with Gasteiger partial charge in [-0.3, -0.25) is 4.79 Å². The summed E-state index contributed by atoms with van der Waals surface area (Å²) in [5.74, 6) is -3.87. The lowest BCUT2D eigenvalue weighted by Crippen LogP contribution is -2.54. The Morgan fingerprint density at radius 1 is 1.29 bits per heavy atom. The van der Waals surface area contributed by atoms with Crippen LogP contribution >= 0.6 is 0 Å². The Kier molecular flexibility index (Phi) is 3.81. The van der Waals surface area contributed by atoms with Gasteiger partial charge in [0.1, 0.15) is 0 Å². The highest BCUT2D eigenvalue weighted by atomic mass is 19.3. The van der Waals surface area contributed by atoms with Gasteiger partial charge in [0.2, 0.25) is 5.92 Å². The van der Waals surface area contributed by atoms with Crippen LogP contribution in [0.5, 0.6) is 0 Å². The van der Waals surface area contributed by atoms with E-state index >= 15 is 0 Å². The Morgan fingerprint density at radius 2 is 1.76 bits per heavy atom. The van der Waals surface area contributed by atoms with Crippen molar-refractivity contribution in [3.05, 3.63) is 0 Å². The van der Waals surface area contributed by atoms with Gasteiger partial charge >= 0.3 is 5.97 Å². The molecular weight excluding hydrogens is 230 g/mol. The third-order valence-electron chi connectivity index (χ3n) is 4.06. The van der Waals surface area contributed by atoms with Crippen molar-refractivity contribution < 1.29 is 23.8 Å². The number of hydrogen-bond acceptors (Lipinski definition) is 2. The van der Waals surface area contributed by atoms with E-state index in [1.807, 2.05) is 6.92 Å². The van der Waals surface area contributed by atoms with Gasteiger partial charge in [-0.05, 0) is 26.2 Å². The second kappa shape index (κ2) is 4.52. The molecule has 0 heterocycles. The van der Waals surface area contributed by atoms with E-state index in [4.69, 9.17) is 0 Å². The Labute approximate surface area is 99.8 Å². The Hall–Kier alpha value is -0.710. The Balaban J connectivity index is 2.92. The zero-order chi connectivity index (χ0) is 13.3. The zero-order valence-corrected chi connectivity index (χ0v) is 10.3. The molecule has 0 saturated heterocycles. The highest BCUT2D eigenvalue weighted by molar-refractivity contribution is 5.75. The summed E-state index contributed by atoms with van der Waals surface area (Å²) >= 11 is 0. The molecule has 3 nitrogen and oxygen atoms in total. The number of carboxylic acids is 1. The number of halogens is 2. The summed E-state index contributed by atoms with van der Waals surface area (Å²) in [6.45, 7) is 3.28. The van der Waals surface area contributed by atoms with Gasteiger partial charge in [-0.1, -0.05) is 13.3 Å². The fraction of sp³-hybridized carbons (Fsp3) is 0.917. The summed E-state index contributed by atoms with van der Waals surface area (Å²) in [5, 5.41) is 19.7. The molecule has 0 aromatic rings. The van der Waals surface area contributed by atoms with E-state index < -0.39 is 35.7 Å². The van der Waals surface area contributed by atoms with Gasteiger partial charge in [0.15, 0.2) is 0 Å². The van der Waals surface area contributed by atoms with Crippen molar-refractivity contribution in [3.8, 4) is 0 Å². The van der Waals surface area contributed by atoms with Crippen molar-refractivity contribution in [2.45, 2.75) is 63.9 Å². The molecule has 5 heteroatoms. The van der Waals surface area contributed by atoms with Crippen molar-refractivity contribution in [3.63, 3.8) is 0 Å². The molecule has 1 atom stereocenters. The maximum absolute atomic E-state index is 13.1. The number of aliphatic hydroxyl groups is 1. The maximum Gasteiger partial charge on any atom is 0.312 e. The molecule has 1 aliphatic carbocycles. The molecule has 2 N–H and O–H groups in total. The maximum atomic E-state index is 13.1. The SMILES string of the molecule is CCCC(C)(C(=O)O)C1(O)CCC(F)(F)CC1. The topological polar surface area (TPSA) is 57.5 Å². The van der Waals surface area contributed by atoms with E-state index in [1.54, 1.807) is 0 Å². The third-order valence-corrected chi connectivity index (χ3v) is 4.06. The monoisotopic (exact) mass is 250 g/mol. The van der Waals surface area contributed by atoms with Crippen LogP contribution in [0.4, 0.5) is 8.78 Å². The summed E-state index contributed by atoms with van der Waals surface area (Å²) in [6, 6.07) is 0. The minimum absolute atomic E-state index is 0.150. The first kappa shape index (κ1) is 14.4. The number of aliphatic carboxylic acids is 1. The molecule has 0 aliphatic heterocycles. The van der Waals surface area contributed by atoms with Crippen LogP contribution in [0, 0.1) is 5.41 Å². The normalized spacial score (nSPS) is 26.2. The molecule has 0 spiro atoms. The molecule has 0 bridgehead atoms. The molecule has 1 unspecified atom stereocenters. The average molecular weight is 250 g/mol. The summed E-state index contributed by atoms with van der Waals surface area (Å²) in [7, 11) is 0. The van der Waals surface area contributed by atoms with Crippen molar-refractivity contribution in [2.75, 3.05) is 0 Å². The largest absolute Gasteiger partial charge is 0.481 e. The molecule has 17 heavy (non-hydrogen) atoms. The van der Waals surface area contributed by atoms with E-state index in [9.17, 15) is 23.8 Å². The molecule has 1 saturated carbocycles. The van der Waals surface area contributed by atoms with Gasteiger partial charge < -0.3 is 10.2 Å². The minimum Gasteiger partial charge on any atom is -0.481 e. The van der Waals surface area contributed by atoms with Gasteiger partial charge in [0, 0.05) is 12.8 Å². The van der Waals surface area contributed by atoms with Crippen molar-refractivity contribution >= 4 is 5.97 Å². The van der Waals surface area contributed by atoms with E-state index in [2.05, 4.69) is 0 Å². The minimum atomic E-state index is -2.77. The average Bonchev–Trinajstić information content (AvgIpc) is 2.23. The first-order valence-corrected chi connectivity index (χ1v) is 6.00. The molecular formula is C12H20F2O3. The standard InChI is InChI=1S/C12H20F2O3/c1-3-4-10(2,9(15)16)11(17)5-7-12(13,14)8-6-11/h17H,3-8H2,1-2H3,(H,15,16). The zero-order valence-electron chi connectivity index (χ0n) is 10.3. The molecule has 0 amide bonds. The highest BCUT2D eigenvalue weighted by Gasteiger charge is 2.55. The number of hydrogen-bond donors (Lipinski definition) is 2. The van der Waals surface area contributed by atoms with Crippen LogP contribution in [0.2, 0.25) is 0 Å². The fourth-order valence-corrected chi connectivity index (χ4v) is 2.62. The summed E-state index contributed by atoms with van der Waals surface area (Å²) in [4.78, 5) is 11.3. The smallest absolute Gasteiger partial charge is 0.312 e.